The van der Waals surface area contributed by atoms with Gasteiger partial charge in [-0.3, -0.25) is 4.57 Å². The summed E-state index contributed by atoms with van der Waals surface area (Å²) in [6, 6.07) is 7.44. The fraction of sp³-hybridized carbons (Fsp3) is 0.478. The van der Waals surface area contributed by atoms with E-state index in [9.17, 15) is 9.90 Å². The van der Waals surface area contributed by atoms with Crippen LogP contribution in [0.5, 0.6) is 0 Å². The molecule has 3 aromatic rings. The van der Waals surface area contributed by atoms with Crippen LogP contribution >= 0.6 is 11.8 Å². The number of fused-ring (bicyclic) bond motifs is 1. The Labute approximate surface area is 201 Å². The van der Waals surface area contributed by atoms with E-state index in [4.69, 9.17) is 9.47 Å². The van der Waals surface area contributed by atoms with Crippen LogP contribution in [0.3, 0.4) is 0 Å². The number of ether oxygens (including phenoxy) is 2. The van der Waals surface area contributed by atoms with Gasteiger partial charge in [-0.25, -0.2) is 9.78 Å². The molecule has 5 rings (SSSR count). The number of anilines is 1. The number of carbonyl (C=O) groups is 1. The summed E-state index contributed by atoms with van der Waals surface area (Å²) in [5.41, 5.74) is 1.48. The summed E-state index contributed by atoms with van der Waals surface area (Å²) >= 11 is 1.33. The number of rotatable bonds is 8. The zero-order valence-electron chi connectivity index (χ0n) is 19.1. The van der Waals surface area contributed by atoms with Crippen LogP contribution in [-0.4, -0.2) is 74.5 Å². The van der Waals surface area contributed by atoms with Crippen molar-refractivity contribution < 1.29 is 19.4 Å². The molecule has 11 heteroatoms. The Morgan fingerprint density at radius 1 is 1.26 bits per heavy atom. The summed E-state index contributed by atoms with van der Waals surface area (Å²) < 4.78 is 12.9. The van der Waals surface area contributed by atoms with Gasteiger partial charge in [0.25, 0.3) is 0 Å². The van der Waals surface area contributed by atoms with E-state index < -0.39 is 5.97 Å². The van der Waals surface area contributed by atoms with Crippen LogP contribution in [0.4, 0.5) is 5.95 Å². The SMILES string of the molecule is COC(=O)C(=C(O)CSc1nnc(N2CCCC2)n1C[C@H]1CCCO1)c1nc2ccccc2[nH]1. The topological polar surface area (TPSA) is 118 Å². The highest BCUT2D eigenvalue weighted by Gasteiger charge is 2.27. The highest BCUT2D eigenvalue weighted by molar-refractivity contribution is 7.99. The number of aromatic nitrogens is 5. The predicted molar refractivity (Wildman–Crippen MR) is 129 cm³/mol. The number of para-hydroxylation sites is 2. The number of benzene rings is 1. The molecule has 0 spiro atoms. The molecule has 0 aliphatic carbocycles. The van der Waals surface area contributed by atoms with Gasteiger partial charge in [-0.1, -0.05) is 23.9 Å². The largest absolute Gasteiger partial charge is 0.510 e. The molecule has 2 N–H and O–H groups in total. The molecular formula is C23H28N6O4S. The third-order valence-corrected chi connectivity index (χ3v) is 7.12. The van der Waals surface area contributed by atoms with Gasteiger partial charge < -0.3 is 24.5 Å². The highest BCUT2D eigenvalue weighted by Crippen LogP contribution is 2.29. The van der Waals surface area contributed by atoms with E-state index in [1.807, 2.05) is 24.3 Å². The maximum Gasteiger partial charge on any atom is 0.345 e. The van der Waals surface area contributed by atoms with Crippen molar-refractivity contribution in [3.8, 4) is 0 Å². The van der Waals surface area contributed by atoms with E-state index in [1.165, 1.54) is 18.9 Å². The average Bonchev–Trinajstić information content (AvgIpc) is 3.65. The number of imidazole rings is 1. The van der Waals surface area contributed by atoms with E-state index in [1.54, 1.807) is 0 Å². The summed E-state index contributed by atoms with van der Waals surface area (Å²) in [6.45, 7) is 3.35. The number of carbonyl (C=O) groups excluding carboxylic acids is 1. The number of thioether (sulfide) groups is 1. The number of H-pyrrole nitrogens is 1. The number of nitrogens with zero attached hydrogens (tertiary/aromatic N) is 5. The first-order valence-corrected chi connectivity index (χ1v) is 12.5. The van der Waals surface area contributed by atoms with Gasteiger partial charge in [-0.2, -0.15) is 0 Å². The average molecular weight is 485 g/mol. The third kappa shape index (κ3) is 4.62. The lowest BCUT2D eigenvalue weighted by Crippen LogP contribution is -2.25. The highest BCUT2D eigenvalue weighted by atomic mass is 32.2. The Balaban J connectivity index is 1.42. The van der Waals surface area contributed by atoms with Gasteiger partial charge in [0.15, 0.2) is 5.16 Å². The molecule has 2 aromatic heterocycles. The van der Waals surface area contributed by atoms with Crippen molar-refractivity contribution in [2.24, 2.45) is 0 Å². The fourth-order valence-corrected chi connectivity index (χ4v) is 5.24. The summed E-state index contributed by atoms with van der Waals surface area (Å²) in [6.07, 6.45) is 4.46. The Morgan fingerprint density at radius 3 is 2.82 bits per heavy atom. The van der Waals surface area contributed by atoms with Crippen molar-refractivity contribution in [2.75, 3.05) is 37.5 Å². The van der Waals surface area contributed by atoms with Gasteiger partial charge in [0.1, 0.15) is 17.2 Å². The molecule has 2 fully saturated rings. The molecule has 1 aromatic carbocycles. The van der Waals surface area contributed by atoms with Gasteiger partial charge in [0.05, 0.1) is 36.5 Å². The summed E-state index contributed by atoms with van der Waals surface area (Å²) in [5, 5.41) is 20.5. The molecule has 1 atom stereocenters. The van der Waals surface area contributed by atoms with Crippen LogP contribution in [0.15, 0.2) is 35.2 Å². The minimum atomic E-state index is -0.657. The number of hydrogen-bond donors (Lipinski definition) is 2. The molecule has 4 heterocycles. The van der Waals surface area contributed by atoms with Gasteiger partial charge >= 0.3 is 5.97 Å². The van der Waals surface area contributed by atoms with E-state index in [0.717, 1.165) is 56.8 Å². The maximum atomic E-state index is 12.6. The molecule has 10 nitrogen and oxygen atoms in total. The smallest absolute Gasteiger partial charge is 0.345 e. The van der Waals surface area contributed by atoms with Gasteiger partial charge in [-0.05, 0) is 37.8 Å². The molecule has 0 saturated carbocycles. The Bertz CT molecular complexity index is 1160. The molecule has 0 bridgehead atoms. The monoisotopic (exact) mass is 484 g/mol. The van der Waals surface area contributed by atoms with Crippen molar-refractivity contribution in [3.05, 3.63) is 35.8 Å². The van der Waals surface area contributed by atoms with Crippen molar-refractivity contribution in [3.63, 3.8) is 0 Å². The van der Waals surface area contributed by atoms with Gasteiger partial charge in [0.2, 0.25) is 5.95 Å². The second kappa shape index (κ2) is 10.1. The molecular weight excluding hydrogens is 456 g/mol. The zero-order valence-corrected chi connectivity index (χ0v) is 19.9. The second-order valence-electron chi connectivity index (χ2n) is 8.43. The number of hydrogen-bond acceptors (Lipinski definition) is 9. The molecule has 34 heavy (non-hydrogen) atoms. The summed E-state index contributed by atoms with van der Waals surface area (Å²) in [5.74, 6) is 0.431. The number of methoxy groups -OCH3 is 1. The van der Waals surface area contributed by atoms with Crippen molar-refractivity contribution in [1.29, 1.82) is 0 Å². The van der Waals surface area contributed by atoms with Crippen molar-refractivity contribution in [1.82, 2.24) is 24.7 Å². The first kappa shape index (κ1) is 22.7. The summed E-state index contributed by atoms with van der Waals surface area (Å²) in [4.78, 5) is 22.4. The number of esters is 1. The van der Waals surface area contributed by atoms with Gasteiger partial charge in [-0.15, -0.1) is 10.2 Å². The normalized spacial score (nSPS) is 19.1. The van der Waals surface area contributed by atoms with E-state index in [-0.39, 0.29) is 29.0 Å². The lowest BCUT2D eigenvalue weighted by molar-refractivity contribution is -0.133. The molecule has 0 radical (unpaired) electrons. The third-order valence-electron chi connectivity index (χ3n) is 6.14. The molecule has 0 amide bonds. The quantitative estimate of drug-likeness (QED) is 0.215. The lowest BCUT2D eigenvalue weighted by Gasteiger charge is -2.20. The number of aromatic amines is 1. The van der Waals surface area contributed by atoms with Crippen molar-refractivity contribution in [2.45, 2.75) is 43.5 Å². The summed E-state index contributed by atoms with van der Waals surface area (Å²) in [7, 11) is 1.28. The molecule has 2 aliphatic heterocycles. The van der Waals surface area contributed by atoms with Crippen LogP contribution < -0.4 is 4.90 Å². The zero-order chi connectivity index (χ0) is 23.5. The van der Waals surface area contributed by atoms with Crippen LogP contribution in [0.2, 0.25) is 0 Å². The number of aliphatic hydroxyl groups excluding tert-OH is 1. The number of aliphatic hydroxyl groups is 1. The van der Waals surface area contributed by atoms with Crippen LogP contribution in [-0.2, 0) is 20.8 Å². The van der Waals surface area contributed by atoms with E-state index >= 15 is 0 Å². The fourth-order valence-electron chi connectivity index (χ4n) is 4.42. The first-order valence-electron chi connectivity index (χ1n) is 11.5. The van der Waals surface area contributed by atoms with E-state index in [2.05, 4.69) is 29.6 Å². The lowest BCUT2D eigenvalue weighted by atomic mass is 10.2. The number of nitrogens with one attached hydrogen (secondary N) is 1. The first-order chi connectivity index (χ1) is 16.6. The van der Waals surface area contributed by atoms with Crippen LogP contribution in [0, 0.1) is 0 Å². The second-order valence-corrected chi connectivity index (χ2v) is 9.37. The Hall–Kier alpha value is -3.05. The molecule has 0 unspecified atom stereocenters. The minimum Gasteiger partial charge on any atom is -0.510 e. The predicted octanol–water partition coefficient (Wildman–Crippen LogP) is 3.17. The molecule has 180 valence electrons. The Morgan fingerprint density at radius 2 is 2.09 bits per heavy atom. The maximum absolute atomic E-state index is 12.6. The Kier molecular flexibility index (Phi) is 6.73. The van der Waals surface area contributed by atoms with Crippen LogP contribution in [0.1, 0.15) is 31.5 Å². The van der Waals surface area contributed by atoms with E-state index in [0.29, 0.717) is 17.2 Å². The molecule has 2 saturated heterocycles. The molecule has 2 aliphatic rings. The van der Waals surface area contributed by atoms with Gasteiger partial charge in [0, 0.05) is 19.7 Å². The van der Waals surface area contributed by atoms with Crippen LogP contribution in [0.25, 0.3) is 16.6 Å². The minimum absolute atomic E-state index is 0.0103. The van der Waals surface area contributed by atoms with Crippen molar-refractivity contribution >= 4 is 40.3 Å². The standard InChI is InChI=1S/C23H28N6O4S/c1-32-21(31)19(20-24-16-8-2-3-9-17(16)25-20)18(30)14-34-23-27-26-22(28-10-4-5-11-28)29(23)13-15-7-6-12-33-15/h2-3,8-9,15,30H,4-7,10-14H2,1H3,(H,24,25)/t15-/m1/s1.